The van der Waals surface area contributed by atoms with Gasteiger partial charge in [0.2, 0.25) is 0 Å². The quantitative estimate of drug-likeness (QED) is 0.599. The van der Waals surface area contributed by atoms with E-state index in [0.29, 0.717) is 5.41 Å². The maximum atomic E-state index is 10.4. The van der Waals surface area contributed by atoms with Gasteiger partial charge < -0.3 is 4.89 Å². The highest BCUT2D eigenvalue weighted by Gasteiger charge is 2.28. The Hall–Kier alpha value is 0.0600. The summed E-state index contributed by atoms with van der Waals surface area (Å²) in [5.41, 5.74) is 1.61. The third-order valence-electron chi connectivity index (χ3n) is 3.02. The van der Waals surface area contributed by atoms with Gasteiger partial charge in [-0.25, -0.2) is 0 Å². The molecule has 0 N–H and O–H groups in total. The first-order chi connectivity index (χ1) is 6.04. The van der Waals surface area contributed by atoms with Gasteiger partial charge in [0.15, 0.2) is 0 Å². The topological polar surface area (TPSA) is 35.4 Å². The van der Waals surface area contributed by atoms with Crippen LogP contribution < -0.4 is 4.89 Å². The van der Waals surface area contributed by atoms with E-state index < -0.39 is 8.96 Å². The molecule has 0 radical (unpaired) electrons. The van der Waals surface area contributed by atoms with Crippen molar-refractivity contribution in [2.45, 2.75) is 46.5 Å². The molecule has 1 fully saturated rings. The first-order valence-electron chi connectivity index (χ1n) is 5.03. The Kier molecular flexibility index (Phi) is 3.87. The Bertz CT molecular complexity index is 186. The Morgan fingerprint density at radius 2 is 1.85 bits per heavy atom. The van der Waals surface area contributed by atoms with E-state index in [-0.39, 0.29) is 0 Å². The summed E-state index contributed by atoms with van der Waals surface area (Å²) >= 11 is 0. The second-order valence-corrected chi connectivity index (χ2v) is 5.41. The molecule has 0 saturated heterocycles. The van der Waals surface area contributed by atoms with Gasteiger partial charge in [-0.2, -0.15) is 0 Å². The molecule has 1 aliphatic carbocycles. The highest BCUT2D eigenvalue weighted by atomic mass is 31.1. The van der Waals surface area contributed by atoms with Crippen LogP contribution in [0.1, 0.15) is 46.5 Å². The van der Waals surface area contributed by atoms with Crippen LogP contribution in [0, 0.1) is 11.3 Å². The van der Waals surface area contributed by atoms with Crippen molar-refractivity contribution in [2.24, 2.45) is 16.1 Å². The van der Waals surface area contributed by atoms with E-state index in [1.165, 1.54) is 18.6 Å². The van der Waals surface area contributed by atoms with Crippen molar-refractivity contribution in [3.63, 3.8) is 0 Å². The molecule has 13 heavy (non-hydrogen) atoms. The maximum Gasteiger partial charge on any atom is 0.0570 e. The maximum absolute atomic E-state index is 10.4. The van der Waals surface area contributed by atoms with Gasteiger partial charge in [0.25, 0.3) is 0 Å². The number of rotatable bonds is 1. The highest BCUT2D eigenvalue weighted by Crippen LogP contribution is 2.37. The summed E-state index contributed by atoms with van der Waals surface area (Å²) in [6.07, 6.45) is 4.58. The summed E-state index contributed by atoms with van der Waals surface area (Å²) in [5, 5.41) is 0. The molecule has 1 atom stereocenters. The summed E-state index contributed by atoms with van der Waals surface area (Å²) < 4.78 is 4.04. The Balaban J connectivity index is 2.44. The summed E-state index contributed by atoms with van der Waals surface area (Å²) in [6.45, 7) is 6.91. The fourth-order valence-corrected chi connectivity index (χ4v) is 2.43. The van der Waals surface area contributed by atoms with Crippen LogP contribution in [-0.2, 0) is 0 Å². The predicted molar refractivity (Wildman–Crippen MR) is 58.6 cm³/mol. The van der Waals surface area contributed by atoms with Gasteiger partial charge in [-0.3, -0.25) is 0 Å². The standard InChI is InChI=1S/C10H20NOP/c1-10(2,3)8-4-6-9(7-5-8)11-13-12/h8H,4-7,13H2,1-3H3. The Morgan fingerprint density at radius 3 is 2.23 bits per heavy atom. The smallest absolute Gasteiger partial charge is 0.0570 e. The molecule has 1 aliphatic rings. The fourth-order valence-electron chi connectivity index (χ4n) is 2.02. The van der Waals surface area contributed by atoms with E-state index in [0.717, 1.165) is 18.8 Å². The molecule has 1 unspecified atom stereocenters. The van der Waals surface area contributed by atoms with Crippen molar-refractivity contribution >= 4 is 14.7 Å². The van der Waals surface area contributed by atoms with Gasteiger partial charge in [-0.15, -0.1) is 4.76 Å². The molecule has 1 saturated carbocycles. The Labute approximate surface area is 82.8 Å². The lowest BCUT2D eigenvalue weighted by Crippen LogP contribution is -2.25. The number of hydrogen-bond donors (Lipinski definition) is 0. The van der Waals surface area contributed by atoms with Crippen molar-refractivity contribution in [1.82, 2.24) is 0 Å². The van der Waals surface area contributed by atoms with Gasteiger partial charge >= 0.3 is 0 Å². The molecule has 0 aromatic carbocycles. The molecule has 0 aromatic heterocycles. The zero-order valence-electron chi connectivity index (χ0n) is 8.84. The zero-order chi connectivity index (χ0) is 9.90. The lowest BCUT2D eigenvalue weighted by molar-refractivity contribution is -0.150. The average Bonchev–Trinajstić information content (AvgIpc) is 2.04. The molecule has 0 amide bonds. The first-order valence-corrected chi connectivity index (χ1v) is 6.02. The van der Waals surface area contributed by atoms with Crippen LogP contribution in [0.3, 0.4) is 0 Å². The van der Waals surface area contributed by atoms with E-state index in [2.05, 4.69) is 25.5 Å². The molecule has 0 spiro atoms. The van der Waals surface area contributed by atoms with Crippen LogP contribution in [0.5, 0.6) is 0 Å². The van der Waals surface area contributed by atoms with Crippen LogP contribution in [-0.4, -0.2) is 5.71 Å². The number of hydrogen-bond acceptors (Lipinski definition) is 2. The predicted octanol–water partition coefficient (Wildman–Crippen LogP) is 2.26. The number of nitrogens with zero attached hydrogens (tertiary/aromatic N) is 1. The van der Waals surface area contributed by atoms with Crippen LogP contribution in [0.2, 0.25) is 0 Å². The summed E-state index contributed by atoms with van der Waals surface area (Å²) in [5.74, 6) is 0.813. The SMILES string of the molecule is CC(C)(C)C1CCC(=N[PH2+][O-])CC1. The van der Waals surface area contributed by atoms with Gasteiger partial charge in [0.1, 0.15) is 0 Å². The lowest BCUT2D eigenvalue weighted by Gasteiger charge is -2.33. The van der Waals surface area contributed by atoms with E-state index in [4.69, 9.17) is 0 Å². The monoisotopic (exact) mass is 201 g/mol. The lowest BCUT2D eigenvalue weighted by atomic mass is 9.72. The molecule has 0 bridgehead atoms. The molecule has 0 aliphatic heterocycles. The normalized spacial score (nSPS) is 25.5. The van der Waals surface area contributed by atoms with Crippen molar-refractivity contribution in [1.29, 1.82) is 0 Å². The fraction of sp³-hybridized carbons (Fsp3) is 0.900. The molecular weight excluding hydrogens is 181 g/mol. The molecule has 2 nitrogen and oxygen atoms in total. The zero-order valence-corrected chi connectivity index (χ0v) is 9.99. The van der Waals surface area contributed by atoms with Crippen molar-refractivity contribution < 1.29 is 4.89 Å². The molecule has 1 rings (SSSR count). The third kappa shape index (κ3) is 3.36. The van der Waals surface area contributed by atoms with Gasteiger partial charge in [0.05, 0.1) is 14.7 Å². The van der Waals surface area contributed by atoms with E-state index >= 15 is 0 Å². The minimum atomic E-state index is -0.919. The highest BCUT2D eigenvalue weighted by molar-refractivity contribution is 7.28. The van der Waals surface area contributed by atoms with Gasteiger partial charge in [0, 0.05) is 0 Å². The van der Waals surface area contributed by atoms with Gasteiger partial charge in [-0.1, -0.05) is 20.8 Å². The van der Waals surface area contributed by atoms with Crippen LogP contribution in [0.15, 0.2) is 4.76 Å². The van der Waals surface area contributed by atoms with Gasteiger partial charge in [-0.05, 0) is 37.0 Å². The summed E-state index contributed by atoms with van der Waals surface area (Å²) in [7, 11) is -0.919. The summed E-state index contributed by atoms with van der Waals surface area (Å²) in [4.78, 5) is 10.4. The molecule has 3 heteroatoms. The van der Waals surface area contributed by atoms with Crippen molar-refractivity contribution in [3.8, 4) is 0 Å². The largest absolute Gasteiger partial charge is 0.663 e. The van der Waals surface area contributed by atoms with E-state index in [1.807, 2.05) is 0 Å². The van der Waals surface area contributed by atoms with Crippen LogP contribution >= 0.6 is 8.96 Å². The van der Waals surface area contributed by atoms with Crippen molar-refractivity contribution in [3.05, 3.63) is 0 Å². The molecule has 76 valence electrons. The third-order valence-corrected chi connectivity index (χ3v) is 3.49. The minimum Gasteiger partial charge on any atom is -0.663 e. The first kappa shape index (κ1) is 11.1. The van der Waals surface area contributed by atoms with Crippen molar-refractivity contribution in [2.75, 3.05) is 0 Å². The minimum absolute atomic E-state index is 0.426. The van der Waals surface area contributed by atoms with E-state index in [9.17, 15) is 4.89 Å². The Morgan fingerprint density at radius 1 is 1.31 bits per heavy atom. The molecule has 0 heterocycles. The molecular formula is C10H20NOP. The molecule has 0 aromatic rings. The summed E-state index contributed by atoms with van der Waals surface area (Å²) in [6, 6.07) is 0. The van der Waals surface area contributed by atoms with E-state index in [1.54, 1.807) is 0 Å². The van der Waals surface area contributed by atoms with Crippen LogP contribution in [0.25, 0.3) is 0 Å². The average molecular weight is 201 g/mol. The second-order valence-electron chi connectivity index (χ2n) is 4.94. The second kappa shape index (κ2) is 4.52. The van der Waals surface area contributed by atoms with Crippen LogP contribution in [0.4, 0.5) is 0 Å².